The molecule has 1 aromatic heterocycles. The highest BCUT2D eigenvalue weighted by Crippen LogP contribution is 2.34. The Hall–Kier alpha value is -1.28. The molecule has 20 heavy (non-hydrogen) atoms. The summed E-state index contributed by atoms with van der Waals surface area (Å²) in [4.78, 5) is 14.8. The van der Waals surface area contributed by atoms with Gasteiger partial charge in [-0.1, -0.05) is 0 Å². The number of primary amides is 1. The van der Waals surface area contributed by atoms with Gasteiger partial charge in [-0.3, -0.25) is 4.79 Å². The quantitative estimate of drug-likeness (QED) is 0.931. The summed E-state index contributed by atoms with van der Waals surface area (Å²) in [5.41, 5.74) is 4.19. The van der Waals surface area contributed by atoms with Gasteiger partial charge in [0.15, 0.2) is 0 Å². The first-order valence-electron chi connectivity index (χ1n) is 6.00. The normalized spacial score (nSPS) is 17.1. The van der Waals surface area contributed by atoms with E-state index in [1.807, 2.05) is 0 Å². The first kappa shape index (κ1) is 15.1. The second kappa shape index (κ2) is 6.01. The highest BCUT2D eigenvalue weighted by molar-refractivity contribution is 7.99. The molecule has 1 amide bonds. The van der Waals surface area contributed by atoms with Gasteiger partial charge in [0.2, 0.25) is 0 Å². The van der Waals surface area contributed by atoms with Gasteiger partial charge in [0.05, 0.1) is 5.56 Å². The number of nitrogens with two attached hydrogens (primary N) is 1. The zero-order chi connectivity index (χ0) is 14.8. The Morgan fingerprint density at radius 2 is 2.00 bits per heavy atom. The van der Waals surface area contributed by atoms with E-state index in [9.17, 15) is 18.0 Å². The molecule has 1 aromatic rings. The van der Waals surface area contributed by atoms with E-state index < -0.39 is 17.8 Å². The van der Waals surface area contributed by atoms with E-state index in [2.05, 4.69) is 4.98 Å². The fourth-order valence-electron chi connectivity index (χ4n) is 1.83. The molecule has 4 nitrogen and oxygen atoms in total. The minimum absolute atomic E-state index is 0.0227. The topological polar surface area (TPSA) is 65.2 Å². The summed E-state index contributed by atoms with van der Waals surface area (Å²) in [7, 11) is 0. The van der Waals surface area contributed by atoms with Crippen LogP contribution >= 0.6 is 11.8 Å². The minimum Gasteiger partial charge on any atom is -0.381 e. The number of rotatable bonds is 3. The van der Waals surface area contributed by atoms with Crippen molar-refractivity contribution in [1.82, 2.24) is 4.98 Å². The van der Waals surface area contributed by atoms with Crippen molar-refractivity contribution < 1.29 is 22.7 Å². The molecule has 0 unspecified atom stereocenters. The zero-order valence-electron chi connectivity index (χ0n) is 10.4. The van der Waals surface area contributed by atoms with Crippen LogP contribution in [0.25, 0.3) is 0 Å². The van der Waals surface area contributed by atoms with Crippen LogP contribution in [-0.4, -0.2) is 29.4 Å². The molecule has 8 heteroatoms. The van der Waals surface area contributed by atoms with Crippen molar-refractivity contribution in [2.75, 3.05) is 13.2 Å². The first-order valence-corrected chi connectivity index (χ1v) is 6.88. The summed E-state index contributed by atoms with van der Waals surface area (Å²) in [6, 6.07) is 1.86. The largest absolute Gasteiger partial charge is 0.433 e. The van der Waals surface area contributed by atoms with Gasteiger partial charge < -0.3 is 10.5 Å². The van der Waals surface area contributed by atoms with E-state index in [4.69, 9.17) is 10.5 Å². The first-order chi connectivity index (χ1) is 9.38. The Labute approximate surface area is 117 Å². The summed E-state index contributed by atoms with van der Waals surface area (Å²) in [5.74, 6) is -0.777. The maximum Gasteiger partial charge on any atom is 0.433 e. The molecule has 2 N–H and O–H groups in total. The van der Waals surface area contributed by atoms with Gasteiger partial charge in [-0.25, -0.2) is 4.98 Å². The van der Waals surface area contributed by atoms with Gasteiger partial charge >= 0.3 is 6.18 Å². The molecule has 110 valence electrons. The van der Waals surface area contributed by atoms with E-state index in [1.54, 1.807) is 0 Å². The van der Waals surface area contributed by atoms with E-state index in [0.29, 0.717) is 26.1 Å². The number of pyridine rings is 1. The van der Waals surface area contributed by atoms with Crippen molar-refractivity contribution in [3.8, 4) is 0 Å². The lowest BCUT2D eigenvalue weighted by molar-refractivity contribution is -0.141. The van der Waals surface area contributed by atoms with Crippen molar-refractivity contribution in [3.05, 3.63) is 23.4 Å². The van der Waals surface area contributed by atoms with Gasteiger partial charge in [0.25, 0.3) is 5.91 Å². The molecule has 2 heterocycles. The lowest BCUT2D eigenvalue weighted by Gasteiger charge is -2.22. The van der Waals surface area contributed by atoms with Crippen molar-refractivity contribution in [1.29, 1.82) is 0 Å². The van der Waals surface area contributed by atoms with E-state index >= 15 is 0 Å². The van der Waals surface area contributed by atoms with Gasteiger partial charge in [0.1, 0.15) is 10.7 Å². The molecule has 1 fully saturated rings. The highest BCUT2D eigenvalue weighted by atomic mass is 32.2. The summed E-state index contributed by atoms with van der Waals surface area (Å²) < 4.78 is 43.2. The molecular formula is C12H13F3N2O2S. The van der Waals surface area contributed by atoms with Crippen LogP contribution in [0.2, 0.25) is 0 Å². The van der Waals surface area contributed by atoms with Gasteiger partial charge in [-0.2, -0.15) is 13.2 Å². The number of halogens is 3. The van der Waals surface area contributed by atoms with Gasteiger partial charge in [-0.05, 0) is 25.0 Å². The van der Waals surface area contributed by atoms with Crippen LogP contribution in [-0.2, 0) is 10.9 Å². The average molecular weight is 306 g/mol. The fourth-order valence-corrected chi connectivity index (χ4v) is 3.02. The predicted octanol–water partition coefficient (Wildman–Crippen LogP) is 2.47. The average Bonchev–Trinajstić information content (AvgIpc) is 2.38. The molecular weight excluding hydrogens is 293 g/mol. The third kappa shape index (κ3) is 3.63. The van der Waals surface area contributed by atoms with E-state index in [1.165, 1.54) is 0 Å². The number of nitrogens with zero attached hydrogens (tertiary/aromatic N) is 1. The molecule has 2 rings (SSSR count). The highest BCUT2D eigenvalue weighted by Gasteiger charge is 2.33. The SMILES string of the molecule is NC(=O)c1ccc(C(F)(F)F)nc1SC1CCOCC1. The summed E-state index contributed by atoms with van der Waals surface area (Å²) >= 11 is 1.16. The van der Waals surface area contributed by atoms with Crippen molar-refractivity contribution in [2.45, 2.75) is 29.3 Å². The number of carbonyl (C=O) groups excluding carboxylic acids is 1. The number of hydrogen-bond donors (Lipinski definition) is 1. The third-order valence-corrected chi connectivity index (χ3v) is 4.20. The van der Waals surface area contributed by atoms with Crippen LogP contribution in [0, 0.1) is 0 Å². The molecule has 0 aliphatic carbocycles. The zero-order valence-corrected chi connectivity index (χ0v) is 11.3. The standard InChI is InChI=1S/C12H13F3N2O2S/c13-12(14,15)9-2-1-8(10(16)18)11(17-9)20-7-3-5-19-6-4-7/h1-2,7H,3-6H2,(H2,16,18). The van der Waals surface area contributed by atoms with E-state index in [-0.39, 0.29) is 15.8 Å². The van der Waals surface area contributed by atoms with Crippen LogP contribution in [0.15, 0.2) is 17.2 Å². The second-order valence-corrected chi connectivity index (χ2v) is 5.63. The molecule has 0 bridgehead atoms. The lowest BCUT2D eigenvalue weighted by atomic mass is 10.2. The second-order valence-electron chi connectivity index (χ2n) is 4.34. The Kier molecular flexibility index (Phi) is 4.54. The van der Waals surface area contributed by atoms with E-state index in [0.717, 1.165) is 23.9 Å². The molecule has 0 aromatic carbocycles. The third-order valence-electron chi connectivity index (χ3n) is 2.86. The van der Waals surface area contributed by atoms with Crippen molar-refractivity contribution >= 4 is 17.7 Å². The number of hydrogen-bond acceptors (Lipinski definition) is 4. The van der Waals surface area contributed by atoms with Crippen LogP contribution in [0.3, 0.4) is 0 Å². The van der Waals surface area contributed by atoms with Crippen LogP contribution in [0.1, 0.15) is 28.9 Å². The summed E-state index contributed by atoms with van der Waals surface area (Å²) in [5, 5.41) is 0.122. The maximum atomic E-state index is 12.7. The molecule has 0 radical (unpaired) electrons. The minimum atomic E-state index is -4.54. The Morgan fingerprint density at radius 1 is 1.35 bits per heavy atom. The monoisotopic (exact) mass is 306 g/mol. The maximum absolute atomic E-state index is 12.7. The van der Waals surface area contributed by atoms with Crippen molar-refractivity contribution in [3.63, 3.8) is 0 Å². The lowest BCUT2D eigenvalue weighted by Crippen LogP contribution is -2.20. The predicted molar refractivity (Wildman–Crippen MR) is 67.5 cm³/mol. The number of ether oxygens (including phenoxy) is 1. The van der Waals surface area contributed by atoms with Gasteiger partial charge in [-0.15, -0.1) is 11.8 Å². The number of carbonyl (C=O) groups is 1. The summed E-state index contributed by atoms with van der Waals surface area (Å²) in [6.45, 7) is 1.12. The van der Waals surface area contributed by atoms with Crippen molar-refractivity contribution in [2.24, 2.45) is 5.73 Å². The smallest absolute Gasteiger partial charge is 0.381 e. The Morgan fingerprint density at radius 3 is 2.55 bits per heavy atom. The summed E-state index contributed by atoms with van der Waals surface area (Å²) in [6.07, 6.45) is -3.12. The number of aromatic nitrogens is 1. The van der Waals surface area contributed by atoms with Crippen LogP contribution in [0.5, 0.6) is 0 Å². The Bertz CT molecular complexity index is 502. The Balaban J connectivity index is 2.29. The van der Waals surface area contributed by atoms with Gasteiger partial charge in [0, 0.05) is 18.5 Å². The van der Waals surface area contributed by atoms with Crippen LogP contribution < -0.4 is 5.73 Å². The molecule has 0 atom stereocenters. The molecule has 1 aliphatic rings. The number of amides is 1. The number of thioether (sulfide) groups is 1. The van der Waals surface area contributed by atoms with Crippen LogP contribution in [0.4, 0.5) is 13.2 Å². The fraction of sp³-hybridized carbons (Fsp3) is 0.500. The molecule has 0 spiro atoms. The number of alkyl halides is 3. The molecule has 1 saturated heterocycles. The molecule has 0 saturated carbocycles. The molecule has 1 aliphatic heterocycles.